The van der Waals surface area contributed by atoms with Gasteiger partial charge in [-0.2, -0.15) is 0 Å². The van der Waals surface area contributed by atoms with Gasteiger partial charge in [0, 0.05) is 23.8 Å². The first-order valence-electron chi connectivity index (χ1n) is 5.14. The van der Waals surface area contributed by atoms with Crippen molar-refractivity contribution >= 4 is 17.2 Å². The summed E-state index contributed by atoms with van der Waals surface area (Å²) in [6, 6.07) is 6.81. The van der Waals surface area contributed by atoms with E-state index in [0.717, 1.165) is 6.20 Å². The zero-order valence-electron chi connectivity index (χ0n) is 9.52. The molecule has 1 aromatic heterocycles. The van der Waals surface area contributed by atoms with Crippen molar-refractivity contribution in [2.24, 2.45) is 0 Å². The number of nitrogens with zero attached hydrogens (tertiary/aromatic N) is 3. The maximum Gasteiger partial charge on any atom is 0.288 e. The van der Waals surface area contributed by atoms with Crippen LogP contribution in [-0.4, -0.2) is 14.8 Å². The van der Waals surface area contributed by atoms with Crippen LogP contribution in [0.4, 0.5) is 17.2 Å². The lowest BCUT2D eigenvalue weighted by Crippen LogP contribution is -1.97. The van der Waals surface area contributed by atoms with Crippen molar-refractivity contribution < 1.29 is 9.85 Å². The molecule has 0 fully saturated rings. The highest BCUT2D eigenvalue weighted by Gasteiger charge is 2.13. The van der Waals surface area contributed by atoms with Crippen molar-refractivity contribution in [1.82, 2.24) is 4.98 Å². The number of hydrogen-bond donors (Lipinski definition) is 1. The van der Waals surface area contributed by atoms with Crippen LogP contribution in [0.25, 0.3) is 11.1 Å². The van der Waals surface area contributed by atoms with Gasteiger partial charge >= 0.3 is 0 Å². The number of benzene rings is 1. The average Bonchev–Trinajstić information content (AvgIpc) is 2.39. The molecule has 8 heteroatoms. The Hall–Kier alpha value is -3.03. The summed E-state index contributed by atoms with van der Waals surface area (Å²) in [5.41, 5.74) is 6.28. The molecule has 0 aliphatic rings. The number of rotatable bonds is 3. The predicted molar refractivity (Wildman–Crippen MR) is 67.4 cm³/mol. The lowest BCUT2D eigenvalue weighted by molar-refractivity contribution is -0.385. The number of pyridine rings is 1. The van der Waals surface area contributed by atoms with Gasteiger partial charge in [-0.25, -0.2) is 4.98 Å². The van der Waals surface area contributed by atoms with Crippen LogP contribution in [0.15, 0.2) is 36.5 Å². The van der Waals surface area contributed by atoms with Crippen LogP contribution >= 0.6 is 0 Å². The van der Waals surface area contributed by atoms with E-state index in [-0.39, 0.29) is 17.2 Å². The minimum Gasteiger partial charge on any atom is -0.383 e. The monoisotopic (exact) mass is 260 g/mol. The second-order valence-corrected chi connectivity index (χ2v) is 3.69. The summed E-state index contributed by atoms with van der Waals surface area (Å²) in [6.07, 6.45) is 1.06. The molecular formula is C11H8N4O4. The SMILES string of the molecule is Nc1ncc([N+](=O)[O-])cc1-c1ccc([N+](=O)[O-])cc1. The summed E-state index contributed by atoms with van der Waals surface area (Å²) in [5, 5.41) is 21.2. The Bertz CT molecular complexity index is 654. The van der Waals surface area contributed by atoms with E-state index in [1.807, 2.05) is 0 Å². The quantitative estimate of drug-likeness (QED) is 0.665. The molecule has 0 saturated heterocycles. The molecule has 0 saturated carbocycles. The van der Waals surface area contributed by atoms with E-state index < -0.39 is 9.85 Å². The molecule has 0 bridgehead atoms. The van der Waals surface area contributed by atoms with Crippen molar-refractivity contribution in [3.05, 3.63) is 56.8 Å². The molecule has 2 rings (SSSR count). The Morgan fingerprint density at radius 1 is 1.00 bits per heavy atom. The molecule has 0 amide bonds. The predicted octanol–water partition coefficient (Wildman–Crippen LogP) is 2.15. The zero-order chi connectivity index (χ0) is 14.0. The Morgan fingerprint density at radius 2 is 1.58 bits per heavy atom. The maximum absolute atomic E-state index is 10.7. The number of non-ortho nitro benzene ring substituents is 1. The number of aromatic nitrogens is 1. The van der Waals surface area contributed by atoms with E-state index in [2.05, 4.69) is 4.98 Å². The molecular weight excluding hydrogens is 252 g/mol. The summed E-state index contributed by atoms with van der Waals surface area (Å²) in [5.74, 6) is 0.124. The summed E-state index contributed by atoms with van der Waals surface area (Å²) in [7, 11) is 0. The minimum absolute atomic E-state index is 0.0688. The van der Waals surface area contributed by atoms with Gasteiger partial charge in [0.05, 0.1) is 9.85 Å². The molecule has 0 radical (unpaired) electrons. The normalized spacial score (nSPS) is 10.1. The number of nitrogens with two attached hydrogens (primary N) is 1. The van der Waals surface area contributed by atoms with Gasteiger partial charge in [0.1, 0.15) is 12.0 Å². The van der Waals surface area contributed by atoms with Gasteiger partial charge in [-0.05, 0) is 17.7 Å². The summed E-state index contributed by atoms with van der Waals surface area (Å²) in [6.45, 7) is 0. The third-order valence-electron chi connectivity index (χ3n) is 2.50. The summed E-state index contributed by atoms with van der Waals surface area (Å²) in [4.78, 5) is 23.8. The van der Waals surface area contributed by atoms with Gasteiger partial charge in [0.25, 0.3) is 11.4 Å². The van der Waals surface area contributed by atoms with Crippen LogP contribution < -0.4 is 5.73 Å². The van der Waals surface area contributed by atoms with Crippen molar-refractivity contribution in [3.8, 4) is 11.1 Å². The Balaban J connectivity index is 2.48. The molecule has 8 nitrogen and oxygen atoms in total. The second kappa shape index (κ2) is 4.69. The molecule has 0 aliphatic carbocycles. The van der Waals surface area contributed by atoms with Crippen molar-refractivity contribution in [2.75, 3.05) is 5.73 Å². The third-order valence-corrected chi connectivity index (χ3v) is 2.50. The van der Waals surface area contributed by atoms with Crippen LogP contribution in [0.2, 0.25) is 0 Å². The Labute approximate surface area is 106 Å². The van der Waals surface area contributed by atoms with Gasteiger partial charge in [0.2, 0.25) is 0 Å². The highest BCUT2D eigenvalue weighted by Crippen LogP contribution is 2.29. The van der Waals surface area contributed by atoms with Crippen LogP contribution in [0.5, 0.6) is 0 Å². The molecule has 2 N–H and O–H groups in total. The lowest BCUT2D eigenvalue weighted by Gasteiger charge is -2.04. The molecule has 0 spiro atoms. The fraction of sp³-hybridized carbons (Fsp3) is 0. The first-order valence-corrected chi connectivity index (χ1v) is 5.14. The van der Waals surface area contributed by atoms with Crippen LogP contribution in [0.1, 0.15) is 0 Å². The molecule has 1 aromatic carbocycles. The van der Waals surface area contributed by atoms with Gasteiger partial charge in [-0.1, -0.05) is 0 Å². The van der Waals surface area contributed by atoms with Crippen LogP contribution in [0, 0.1) is 20.2 Å². The molecule has 1 heterocycles. The summed E-state index contributed by atoms with van der Waals surface area (Å²) < 4.78 is 0. The van der Waals surface area contributed by atoms with Crippen molar-refractivity contribution in [3.63, 3.8) is 0 Å². The Morgan fingerprint density at radius 3 is 2.11 bits per heavy atom. The molecule has 0 aliphatic heterocycles. The Kier molecular flexibility index (Phi) is 3.06. The van der Waals surface area contributed by atoms with E-state index in [1.54, 1.807) is 0 Å². The first kappa shape index (κ1) is 12.4. The van der Waals surface area contributed by atoms with Crippen LogP contribution in [-0.2, 0) is 0 Å². The van der Waals surface area contributed by atoms with Gasteiger partial charge in [-0.15, -0.1) is 0 Å². The second-order valence-electron chi connectivity index (χ2n) is 3.69. The van der Waals surface area contributed by atoms with E-state index in [0.29, 0.717) is 11.1 Å². The number of hydrogen-bond acceptors (Lipinski definition) is 6. The molecule has 2 aromatic rings. The van der Waals surface area contributed by atoms with Gasteiger partial charge < -0.3 is 5.73 Å². The number of nitrogen functional groups attached to an aromatic ring is 1. The maximum atomic E-state index is 10.7. The highest BCUT2D eigenvalue weighted by atomic mass is 16.6. The minimum atomic E-state index is -0.582. The smallest absolute Gasteiger partial charge is 0.288 e. The number of nitro groups is 2. The third kappa shape index (κ3) is 2.46. The number of nitro benzene ring substituents is 1. The van der Waals surface area contributed by atoms with Gasteiger partial charge in [0.15, 0.2) is 0 Å². The standard InChI is InChI=1S/C11H8N4O4/c12-11-10(5-9(6-13-11)15(18)19)7-1-3-8(4-2-7)14(16)17/h1-6H,(H2,12,13). The van der Waals surface area contributed by atoms with Crippen LogP contribution in [0.3, 0.4) is 0 Å². The summed E-state index contributed by atoms with van der Waals surface area (Å²) >= 11 is 0. The molecule has 0 atom stereocenters. The van der Waals surface area contributed by atoms with E-state index >= 15 is 0 Å². The first-order chi connectivity index (χ1) is 8.99. The lowest BCUT2D eigenvalue weighted by atomic mass is 10.1. The fourth-order valence-electron chi connectivity index (χ4n) is 1.56. The highest BCUT2D eigenvalue weighted by molar-refractivity contribution is 5.76. The molecule has 96 valence electrons. The van der Waals surface area contributed by atoms with E-state index in [4.69, 9.17) is 5.73 Å². The largest absolute Gasteiger partial charge is 0.383 e. The van der Waals surface area contributed by atoms with Crippen molar-refractivity contribution in [2.45, 2.75) is 0 Å². The number of anilines is 1. The fourth-order valence-corrected chi connectivity index (χ4v) is 1.56. The molecule has 0 unspecified atom stereocenters. The topological polar surface area (TPSA) is 125 Å². The molecule has 19 heavy (non-hydrogen) atoms. The zero-order valence-corrected chi connectivity index (χ0v) is 9.52. The van der Waals surface area contributed by atoms with Crippen molar-refractivity contribution in [1.29, 1.82) is 0 Å². The van der Waals surface area contributed by atoms with E-state index in [9.17, 15) is 20.2 Å². The van der Waals surface area contributed by atoms with E-state index in [1.165, 1.54) is 30.3 Å². The van der Waals surface area contributed by atoms with Gasteiger partial charge in [-0.3, -0.25) is 20.2 Å². The average molecular weight is 260 g/mol.